The van der Waals surface area contributed by atoms with E-state index in [0.29, 0.717) is 0 Å². The Morgan fingerprint density at radius 3 is 2.93 bits per heavy atom. The highest BCUT2D eigenvalue weighted by atomic mass is 15.3. The van der Waals surface area contributed by atoms with Gasteiger partial charge in [0.15, 0.2) is 11.5 Å². The Hall–Kier alpha value is -1.49. The highest BCUT2D eigenvalue weighted by molar-refractivity contribution is 5.37. The second kappa shape index (κ2) is 2.51. The van der Waals surface area contributed by atoms with E-state index in [0.717, 1.165) is 24.3 Å². The Balaban J connectivity index is 2.22. The fraction of sp³-hybridized carbons (Fsp3) is 0.444. The Bertz CT molecular complexity index is 471. The summed E-state index contributed by atoms with van der Waals surface area (Å²) in [7, 11) is 0. The molecule has 1 saturated carbocycles. The molecule has 2 aromatic rings. The quantitative estimate of drug-likeness (QED) is 0.707. The van der Waals surface area contributed by atoms with Crippen molar-refractivity contribution >= 4 is 5.65 Å². The Morgan fingerprint density at radius 1 is 1.36 bits per heavy atom. The first-order chi connectivity index (χ1) is 6.80. The molecule has 0 bridgehead atoms. The molecule has 72 valence electrons. The van der Waals surface area contributed by atoms with Crippen LogP contribution < -0.4 is 5.73 Å². The molecule has 1 aliphatic carbocycles. The molecule has 0 atom stereocenters. The van der Waals surface area contributed by atoms with Crippen LogP contribution in [0.4, 0.5) is 0 Å². The van der Waals surface area contributed by atoms with Gasteiger partial charge in [-0.2, -0.15) is 0 Å². The van der Waals surface area contributed by atoms with Gasteiger partial charge in [0.2, 0.25) is 0 Å². The van der Waals surface area contributed by atoms with E-state index in [-0.39, 0.29) is 5.54 Å². The zero-order valence-electron chi connectivity index (χ0n) is 7.72. The van der Waals surface area contributed by atoms with Crippen molar-refractivity contribution in [2.75, 3.05) is 0 Å². The van der Waals surface area contributed by atoms with Crippen LogP contribution in [-0.2, 0) is 5.54 Å². The van der Waals surface area contributed by atoms with Gasteiger partial charge in [0.05, 0.1) is 5.54 Å². The summed E-state index contributed by atoms with van der Waals surface area (Å²) in [6.07, 6.45) is 6.58. The van der Waals surface area contributed by atoms with Gasteiger partial charge >= 0.3 is 0 Å². The third-order valence-corrected chi connectivity index (χ3v) is 2.91. The normalized spacial score (nSPS) is 19.5. The van der Waals surface area contributed by atoms with Gasteiger partial charge in [-0.1, -0.05) is 0 Å². The van der Waals surface area contributed by atoms with E-state index < -0.39 is 0 Å². The summed E-state index contributed by atoms with van der Waals surface area (Å²) < 4.78 is 1.87. The van der Waals surface area contributed by atoms with Crippen molar-refractivity contribution in [2.45, 2.75) is 24.8 Å². The first-order valence-electron chi connectivity index (χ1n) is 4.74. The second-order valence-corrected chi connectivity index (χ2v) is 3.84. The zero-order chi connectivity index (χ0) is 9.60. The summed E-state index contributed by atoms with van der Waals surface area (Å²) in [4.78, 5) is 4.05. The maximum absolute atomic E-state index is 6.18. The minimum absolute atomic E-state index is 0.275. The fourth-order valence-electron chi connectivity index (χ4n) is 1.87. The highest BCUT2D eigenvalue weighted by Gasteiger charge is 2.38. The number of fused-ring (bicyclic) bond motifs is 1. The van der Waals surface area contributed by atoms with Gasteiger partial charge in [-0.25, -0.2) is 4.98 Å². The molecule has 0 aromatic carbocycles. The predicted molar refractivity (Wildman–Crippen MR) is 50.5 cm³/mol. The van der Waals surface area contributed by atoms with Crippen LogP contribution in [0.2, 0.25) is 0 Å². The molecule has 5 nitrogen and oxygen atoms in total. The van der Waals surface area contributed by atoms with Gasteiger partial charge in [0.1, 0.15) is 6.33 Å². The van der Waals surface area contributed by atoms with Crippen LogP contribution in [-0.4, -0.2) is 19.6 Å². The molecule has 2 heterocycles. The molecule has 0 aliphatic heterocycles. The van der Waals surface area contributed by atoms with Crippen LogP contribution in [0.25, 0.3) is 5.65 Å². The molecule has 5 heteroatoms. The molecule has 0 saturated heterocycles. The molecule has 2 aromatic heterocycles. The maximum Gasteiger partial charge on any atom is 0.163 e. The minimum Gasteiger partial charge on any atom is -0.319 e. The average Bonchev–Trinajstić information content (AvgIpc) is 2.58. The molecule has 14 heavy (non-hydrogen) atoms. The molecule has 0 unspecified atom stereocenters. The SMILES string of the molecule is NC1(c2nnc3ccncn23)CCC1. The molecular weight excluding hydrogens is 178 g/mol. The number of hydrogen-bond acceptors (Lipinski definition) is 4. The van der Waals surface area contributed by atoms with Gasteiger partial charge in [-0.15, -0.1) is 10.2 Å². The number of rotatable bonds is 1. The fourth-order valence-corrected chi connectivity index (χ4v) is 1.87. The number of aromatic nitrogens is 4. The van der Waals surface area contributed by atoms with Gasteiger partial charge in [-0.3, -0.25) is 4.40 Å². The first-order valence-corrected chi connectivity index (χ1v) is 4.74. The standard InChI is InChI=1S/C9H11N5/c10-9(3-1-4-9)8-13-12-7-2-5-11-6-14(7)8/h2,5-6H,1,3-4,10H2. The van der Waals surface area contributed by atoms with E-state index in [2.05, 4.69) is 15.2 Å². The van der Waals surface area contributed by atoms with E-state index in [4.69, 9.17) is 5.73 Å². The monoisotopic (exact) mass is 189 g/mol. The van der Waals surface area contributed by atoms with Gasteiger partial charge < -0.3 is 5.73 Å². The minimum atomic E-state index is -0.275. The van der Waals surface area contributed by atoms with E-state index in [9.17, 15) is 0 Å². The topological polar surface area (TPSA) is 69.1 Å². The van der Waals surface area contributed by atoms with E-state index in [1.165, 1.54) is 6.42 Å². The average molecular weight is 189 g/mol. The van der Waals surface area contributed by atoms with Crippen LogP contribution in [0.5, 0.6) is 0 Å². The maximum atomic E-state index is 6.18. The van der Waals surface area contributed by atoms with Crippen LogP contribution in [0.3, 0.4) is 0 Å². The number of nitrogens with zero attached hydrogens (tertiary/aromatic N) is 4. The van der Waals surface area contributed by atoms with Crippen molar-refractivity contribution in [3.05, 3.63) is 24.4 Å². The Morgan fingerprint density at radius 2 is 2.21 bits per heavy atom. The lowest BCUT2D eigenvalue weighted by molar-refractivity contribution is 0.236. The third kappa shape index (κ3) is 0.899. The van der Waals surface area contributed by atoms with Crippen LogP contribution in [0.15, 0.2) is 18.6 Å². The van der Waals surface area contributed by atoms with Crippen LogP contribution >= 0.6 is 0 Å². The summed E-state index contributed by atoms with van der Waals surface area (Å²) in [5.74, 6) is 0.840. The number of hydrogen-bond donors (Lipinski definition) is 1. The van der Waals surface area contributed by atoms with Gasteiger partial charge in [-0.05, 0) is 19.3 Å². The van der Waals surface area contributed by atoms with E-state index in [1.54, 1.807) is 12.5 Å². The van der Waals surface area contributed by atoms with Crippen LogP contribution in [0.1, 0.15) is 25.1 Å². The van der Waals surface area contributed by atoms with Crippen molar-refractivity contribution in [3.8, 4) is 0 Å². The molecule has 1 aliphatic rings. The molecule has 0 amide bonds. The van der Waals surface area contributed by atoms with Crippen molar-refractivity contribution < 1.29 is 0 Å². The lowest BCUT2D eigenvalue weighted by atomic mass is 9.77. The second-order valence-electron chi connectivity index (χ2n) is 3.84. The lowest BCUT2D eigenvalue weighted by Crippen LogP contribution is -2.45. The van der Waals surface area contributed by atoms with Crippen molar-refractivity contribution in [1.82, 2.24) is 19.6 Å². The third-order valence-electron chi connectivity index (χ3n) is 2.91. The zero-order valence-corrected chi connectivity index (χ0v) is 7.72. The summed E-state index contributed by atoms with van der Waals surface area (Å²) in [6, 6.07) is 1.83. The molecule has 3 rings (SSSR count). The molecular formula is C9H11N5. The summed E-state index contributed by atoms with van der Waals surface area (Å²) in [5, 5.41) is 8.20. The van der Waals surface area contributed by atoms with Crippen molar-refractivity contribution in [2.24, 2.45) is 5.73 Å². The van der Waals surface area contributed by atoms with E-state index >= 15 is 0 Å². The van der Waals surface area contributed by atoms with Crippen molar-refractivity contribution in [3.63, 3.8) is 0 Å². The van der Waals surface area contributed by atoms with Crippen molar-refractivity contribution in [1.29, 1.82) is 0 Å². The van der Waals surface area contributed by atoms with Gasteiger partial charge in [0.25, 0.3) is 0 Å². The Kier molecular flexibility index (Phi) is 1.41. The lowest BCUT2D eigenvalue weighted by Gasteiger charge is -2.35. The number of nitrogens with two attached hydrogens (primary N) is 1. The summed E-state index contributed by atoms with van der Waals surface area (Å²) in [5.41, 5.74) is 6.72. The summed E-state index contributed by atoms with van der Waals surface area (Å²) >= 11 is 0. The molecule has 0 spiro atoms. The smallest absolute Gasteiger partial charge is 0.163 e. The summed E-state index contributed by atoms with van der Waals surface area (Å²) in [6.45, 7) is 0. The first kappa shape index (κ1) is 7.87. The van der Waals surface area contributed by atoms with Crippen LogP contribution in [0, 0.1) is 0 Å². The molecule has 0 radical (unpaired) electrons. The predicted octanol–water partition coefficient (Wildman–Crippen LogP) is 0.462. The molecule has 2 N–H and O–H groups in total. The highest BCUT2D eigenvalue weighted by Crippen LogP contribution is 2.37. The Labute approximate surface area is 81.0 Å². The molecule has 1 fully saturated rings. The van der Waals surface area contributed by atoms with E-state index in [1.807, 2.05) is 10.5 Å². The van der Waals surface area contributed by atoms with Gasteiger partial charge in [0, 0.05) is 12.3 Å². The largest absolute Gasteiger partial charge is 0.319 e.